The minimum absolute atomic E-state index is 0.0379. The van der Waals surface area contributed by atoms with Gasteiger partial charge in [-0.05, 0) is 36.5 Å². The molecular formula is C13H20N2O3S. The average molecular weight is 284 g/mol. The summed E-state index contributed by atoms with van der Waals surface area (Å²) in [6.45, 7) is 0.474. The summed E-state index contributed by atoms with van der Waals surface area (Å²) in [5.74, 6) is 0.236. The van der Waals surface area contributed by atoms with Crippen LogP contribution in [0.25, 0.3) is 0 Å². The highest BCUT2D eigenvalue weighted by atomic mass is 32.2. The molecule has 0 aromatic heterocycles. The number of benzene rings is 1. The van der Waals surface area contributed by atoms with Gasteiger partial charge in [0.25, 0.3) is 0 Å². The number of hydrogen-bond donors (Lipinski definition) is 2. The van der Waals surface area contributed by atoms with Crippen molar-refractivity contribution in [3.8, 4) is 0 Å². The van der Waals surface area contributed by atoms with Gasteiger partial charge in [0.05, 0.1) is 11.9 Å². The normalized spacial score (nSPS) is 23.3. The maximum atomic E-state index is 12.2. The van der Waals surface area contributed by atoms with Gasteiger partial charge >= 0.3 is 0 Å². The van der Waals surface area contributed by atoms with Gasteiger partial charge in [-0.15, -0.1) is 0 Å². The van der Waals surface area contributed by atoms with Gasteiger partial charge in [-0.1, -0.05) is 12.1 Å². The van der Waals surface area contributed by atoms with Gasteiger partial charge in [-0.3, -0.25) is 0 Å². The van der Waals surface area contributed by atoms with Gasteiger partial charge in [0, 0.05) is 19.3 Å². The number of aliphatic hydroxyl groups excluding tert-OH is 1. The van der Waals surface area contributed by atoms with E-state index >= 15 is 0 Å². The summed E-state index contributed by atoms with van der Waals surface area (Å²) >= 11 is 0. The molecule has 106 valence electrons. The van der Waals surface area contributed by atoms with E-state index in [0.29, 0.717) is 30.6 Å². The van der Waals surface area contributed by atoms with Crippen LogP contribution in [0.1, 0.15) is 18.4 Å². The second-order valence-electron chi connectivity index (χ2n) is 5.27. The molecule has 0 atom stereocenters. The number of hydrogen-bond acceptors (Lipinski definition) is 4. The van der Waals surface area contributed by atoms with Gasteiger partial charge < -0.3 is 10.8 Å². The third-order valence-corrected chi connectivity index (χ3v) is 5.30. The molecule has 5 nitrogen and oxygen atoms in total. The molecule has 0 amide bonds. The molecule has 0 radical (unpaired) electrons. The smallest absolute Gasteiger partial charge is 0.218 e. The Labute approximate surface area is 114 Å². The van der Waals surface area contributed by atoms with Gasteiger partial charge in [-0.2, -0.15) is 0 Å². The third kappa shape index (κ3) is 3.68. The van der Waals surface area contributed by atoms with Gasteiger partial charge in [0.2, 0.25) is 10.0 Å². The van der Waals surface area contributed by atoms with Crippen LogP contribution in [-0.2, 0) is 15.8 Å². The number of anilines is 1. The van der Waals surface area contributed by atoms with Crippen LogP contribution in [0.3, 0.4) is 0 Å². The maximum absolute atomic E-state index is 12.2. The van der Waals surface area contributed by atoms with Crippen LogP contribution in [0.4, 0.5) is 5.69 Å². The predicted molar refractivity (Wildman–Crippen MR) is 74.8 cm³/mol. The lowest BCUT2D eigenvalue weighted by atomic mass is 9.82. The van der Waals surface area contributed by atoms with E-state index in [9.17, 15) is 13.5 Å². The molecule has 2 rings (SSSR count). The fraction of sp³-hybridized carbons (Fsp3) is 0.538. The van der Waals surface area contributed by atoms with Crippen molar-refractivity contribution in [1.29, 1.82) is 0 Å². The Kier molecular flexibility index (Phi) is 4.13. The van der Waals surface area contributed by atoms with E-state index in [1.807, 2.05) is 0 Å². The van der Waals surface area contributed by atoms with Crippen molar-refractivity contribution in [3.05, 3.63) is 29.8 Å². The van der Waals surface area contributed by atoms with Crippen molar-refractivity contribution < 1.29 is 13.5 Å². The van der Waals surface area contributed by atoms with E-state index in [-0.39, 0.29) is 17.8 Å². The minimum Gasteiger partial charge on any atom is -0.399 e. The molecule has 0 saturated heterocycles. The molecule has 3 N–H and O–H groups in total. The minimum atomic E-state index is -3.32. The van der Waals surface area contributed by atoms with Crippen LogP contribution in [0, 0.1) is 5.92 Å². The molecule has 0 aliphatic heterocycles. The molecule has 1 saturated carbocycles. The molecule has 0 heterocycles. The summed E-state index contributed by atoms with van der Waals surface area (Å²) in [5, 5.41) is 9.22. The molecule has 1 aliphatic carbocycles. The van der Waals surface area contributed by atoms with Crippen molar-refractivity contribution in [2.75, 3.05) is 19.3 Å². The Hall–Kier alpha value is -1.11. The SMILES string of the molecule is CN(CC1CC(O)C1)S(=O)(=O)Cc1cccc(N)c1. The first kappa shape index (κ1) is 14.3. The Morgan fingerprint density at radius 3 is 2.68 bits per heavy atom. The second-order valence-corrected chi connectivity index (χ2v) is 7.35. The third-order valence-electron chi connectivity index (χ3n) is 3.50. The summed E-state index contributed by atoms with van der Waals surface area (Å²) in [4.78, 5) is 0. The monoisotopic (exact) mass is 284 g/mol. The predicted octanol–water partition coefficient (Wildman–Crippen LogP) is 0.801. The summed E-state index contributed by atoms with van der Waals surface area (Å²) in [6.07, 6.45) is 1.13. The highest BCUT2D eigenvalue weighted by Gasteiger charge is 2.31. The molecule has 19 heavy (non-hydrogen) atoms. The summed E-state index contributed by atoms with van der Waals surface area (Å²) in [5.41, 5.74) is 6.91. The molecule has 0 bridgehead atoms. The molecule has 6 heteroatoms. The zero-order valence-corrected chi connectivity index (χ0v) is 11.8. The van der Waals surface area contributed by atoms with Crippen molar-refractivity contribution in [2.24, 2.45) is 5.92 Å². The van der Waals surface area contributed by atoms with Gasteiger partial charge in [0.15, 0.2) is 0 Å². The number of nitrogen functional groups attached to an aromatic ring is 1. The van der Waals surface area contributed by atoms with E-state index in [1.54, 1.807) is 31.3 Å². The molecule has 1 aliphatic rings. The van der Waals surface area contributed by atoms with Crippen LogP contribution in [0.15, 0.2) is 24.3 Å². The topological polar surface area (TPSA) is 83.6 Å². The van der Waals surface area contributed by atoms with Crippen molar-refractivity contribution in [2.45, 2.75) is 24.7 Å². The van der Waals surface area contributed by atoms with E-state index in [2.05, 4.69) is 0 Å². The number of sulfonamides is 1. The first-order valence-electron chi connectivity index (χ1n) is 6.33. The van der Waals surface area contributed by atoms with Crippen LogP contribution >= 0.6 is 0 Å². The van der Waals surface area contributed by atoms with Crippen molar-refractivity contribution in [1.82, 2.24) is 4.31 Å². The van der Waals surface area contributed by atoms with Gasteiger partial charge in [0.1, 0.15) is 0 Å². The van der Waals surface area contributed by atoms with Crippen molar-refractivity contribution in [3.63, 3.8) is 0 Å². The fourth-order valence-electron chi connectivity index (χ4n) is 2.33. The molecule has 0 unspecified atom stereocenters. The van der Waals surface area contributed by atoms with Crippen LogP contribution in [-0.4, -0.2) is 37.5 Å². The Bertz CT molecular complexity index is 539. The lowest BCUT2D eigenvalue weighted by Crippen LogP contribution is -2.39. The van der Waals surface area contributed by atoms with E-state index in [1.165, 1.54) is 4.31 Å². The molecule has 1 aromatic rings. The summed E-state index contributed by atoms with van der Waals surface area (Å²) in [7, 11) is -1.73. The Morgan fingerprint density at radius 2 is 2.11 bits per heavy atom. The highest BCUT2D eigenvalue weighted by molar-refractivity contribution is 7.88. The van der Waals surface area contributed by atoms with Crippen molar-refractivity contribution >= 4 is 15.7 Å². The number of nitrogens with two attached hydrogens (primary N) is 1. The quantitative estimate of drug-likeness (QED) is 0.783. The first-order valence-corrected chi connectivity index (χ1v) is 7.94. The average Bonchev–Trinajstić information content (AvgIpc) is 2.26. The van der Waals surface area contributed by atoms with Crippen LogP contribution in [0.5, 0.6) is 0 Å². The second kappa shape index (κ2) is 5.48. The van der Waals surface area contributed by atoms with Gasteiger partial charge in [-0.25, -0.2) is 12.7 Å². The number of aliphatic hydroxyl groups is 1. The number of rotatable bonds is 5. The van der Waals surface area contributed by atoms with Crippen LogP contribution in [0.2, 0.25) is 0 Å². The summed E-state index contributed by atoms with van der Waals surface area (Å²) < 4.78 is 25.8. The molecule has 1 aromatic carbocycles. The lowest BCUT2D eigenvalue weighted by Gasteiger charge is -2.34. The fourth-order valence-corrected chi connectivity index (χ4v) is 3.59. The van der Waals surface area contributed by atoms with E-state index in [0.717, 1.165) is 0 Å². The Balaban J connectivity index is 1.97. The standard InChI is InChI=1S/C13H20N2O3S/c1-15(8-11-6-13(16)7-11)19(17,18)9-10-3-2-4-12(14)5-10/h2-5,11,13,16H,6-9,14H2,1H3. The maximum Gasteiger partial charge on any atom is 0.218 e. The van der Waals surface area contributed by atoms with Crippen LogP contribution < -0.4 is 5.73 Å². The first-order chi connectivity index (χ1) is 8.87. The van der Waals surface area contributed by atoms with E-state index < -0.39 is 10.0 Å². The highest BCUT2D eigenvalue weighted by Crippen LogP contribution is 2.28. The zero-order chi connectivity index (χ0) is 14.0. The number of nitrogens with zero attached hydrogens (tertiary/aromatic N) is 1. The summed E-state index contributed by atoms with van der Waals surface area (Å²) in [6, 6.07) is 6.92. The molecular weight excluding hydrogens is 264 g/mol. The van der Waals surface area contributed by atoms with E-state index in [4.69, 9.17) is 5.73 Å². The largest absolute Gasteiger partial charge is 0.399 e. The zero-order valence-electron chi connectivity index (χ0n) is 11.0. The lowest BCUT2D eigenvalue weighted by molar-refractivity contribution is 0.0367. The molecule has 1 fully saturated rings. The Morgan fingerprint density at radius 1 is 1.42 bits per heavy atom. The molecule has 0 spiro atoms.